The van der Waals surface area contributed by atoms with E-state index in [-0.39, 0.29) is 28.6 Å². The van der Waals surface area contributed by atoms with E-state index in [0.717, 1.165) is 6.07 Å². The Morgan fingerprint density at radius 2 is 2.00 bits per heavy atom. The second-order valence-corrected chi connectivity index (χ2v) is 5.83. The standard InChI is InChI=1S/C19H19F3N6O/c1-11-17(18(29)27-15(25)7-4-10-23)28-16(26-11)9-8-14(24)12-5-2-3-6-13(12)19(20,21)22/h2-10,24H,23,25H2,1H3,(H,26,28)(H,27,29)/b9-8-,10-4-,15-7+,24-14?. The first-order valence-corrected chi connectivity index (χ1v) is 8.28. The van der Waals surface area contributed by atoms with Crippen LogP contribution in [0.2, 0.25) is 0 Å². The molecule has 2 aromatic rings. The predicted molar refractivity (Wildman–Crippen MR) is 104 cm³/mol. The van der Waals surface area contributed by atoms with Gasteiger partial charge in [-0.3, -0.25) is 4.79 Å². The molecule has 0 saturated heterocycles. The van der Waals surface area contributed by atoms with Crippen molar-refractivity contribution in [3.05, 3.63) is 82.9 Å². The summed E-state index contributed by atoms with van der Waals surface area (Å²) in [6.45, 7) is 1.58. The lowest BCUT2D eigenvalue weighted by molar-refractivity contribution is -0.137. The molecule has 10 heteroatoms. The van der Waals surface area contributed by atoms with Crippen LogP contribution in [0.3, 0.4) is 0 Å². The van der Waals surface area contributed by atoms with Crippen LogP contribution in [0.25, 0.3) is 6.08 Å². The maximum Gasteiger partial charge on any atom is 0.417 e. The van der Waals surface area contributed by atoms with E-state index in [1.807, 2.05) is 0 Å². The molecule has 29 heavy (non-hydrogen) atoms. The van der Waals surface area contributed by atoms with Crippen LogP contribution < -0.4 is 16.8 Å². The molecule has 0 atom stereocenters. The first-order chi connectivity index (χ1) is 13.6. The van der Waals surface area contributed by atoms with Gasteiger partial charge in [0.2, 0.25) is 0 Å². The zero-order valence-electron chi connectivity index (χ0n) is 15.3. The predicted octanol–water partition coefficient (Wildman–Crippen LogP) is 2.82. The number of halogens is 3. The number of hydrogen-bond acceptors (Lipinski definition) is 5. The largest absolute Gasteiger partial charge is 0.417 e. The average molecular weight is 404 g/mol. The quantitative estimate of drug-likeness (QED) is 0.374. The van der Waals surface area contributed by atoms with Gasteiger partial charge in [-0.2, -0.15) is 13.2 Å². The number of allylic oxidation sites excluding steroid dienone is 3. The Balaban J connectivity index is 2.20. The second kappa shape index (κ2) is 8.91. The van der Waals surface area contributed by atoms with E-state index in [1.165, 1.54) is 48.7 Å². The number of rotatable bonds is 6. The van der Waals surface area contributed by atoms with Crippen molar-refractivity contribution in [1.29, 1.82) is 5.41 Å². The summed E-state index contributed by atoms with van der Waals surface area (Å²) in [6, 6.07) is 4.80. The molecule has 0 aliphatic carbocycles. The lowest BCUT2D eigenvalue weighted by Crippen LogP contribution is -2.28. The third-order valence-corrected chi connectivity index (χ3v) is 3.71. The zero-order valence-corrected chi connectivity index (χ0v) is 15.3. The summed E-state index contributed by atoms with van der Waals surface area (Å²) in [5, 5.41) is 10.4. The van der Waals surface area contributed by atoms with E-state index in [2.05, 4.69) is 15.3 Å². The minimum Gasteiger partial charge on any atom is -0.405 e. The highest BCUT2D eigenvalue weighted by Gasteiger charge is 2.33. The first kappa shape index (κ1) is 21.5. The smallest absolute Gasteiger partial charge is 0.405 e. The molecular weight excluding hydrogens is 385 g/mol. The molecule has 0 bridgehead atoms. The molecule has 0 saturated carbocycles. The molecule has 0 fully saturated rings. The van der Waals surface area contributed by atoms with E-state index < -0.39 is 17.6 Å². The van der Waals surface area contributed by atoms with Gasteiger partial charge in [-0.05, 0) is 43.5 Å². The summed E-state index contributed by atoms with van der Waals surface area (Å²) < 4.78 is 39.3. The van der Waals surface area contributed by atoms with Crippen LogP contribution in [0.4, 0.5) is 13.2 Å². The number of alkyl halides is 3. The highest BCUT2D eigenvalue weighted by molar-refractivity contribution is 6.09. The number of aromatic amines is 1. The highest BCUT2D eigenvalue weighted by atomic mass is 19.4. The minimum atomic E-state index is -4.57. The molecule has 2 rings (SSSR count). The summed E-state index contributed by atoms with van der Waals surface area (Å²) in [5.74, 6) is -0.286. The van der Waals surface area contributed by atoms with Crippen LogP contribution in [-0.2, 0) is 6.18 Å². The Kier molecular flexibility index (Phi) is 6.60. The number of imidazole rings is 1. The van der Waals surface area contributed by atoms with E-state index in [1.54, 1.807) is 6.92 Å². The van der Waals surface area contributed by atoms with Crippen molar-refractivity contribution in [2.45, 2.75) is 13.1 Å². The molecule has 1 heterocycles. The molecule has 0 spiro atoms. The molecule has 0 unspecified atom stereocenters. The fourth-order valence-corrected chi connectivity index (χ4v) is 2.39. The molecule has 0 aliphatic rings. The van der Waals surface area contributed by atoms with E-state index in [9.17, 15) is 18.0 Å². The van der Waals surface area contributed by atoms with E-state index in [4.69, 9.17) is 16.9 Å². The molecule has 1 aromatic heterocycles. The molecule has 1 aromatic carbocycles. The van der Waals surface area contributed by atoms with Gasteiger partial charge < -0.3 is 27.2 Å². The highest BCUT2D eigenvalue weighted by Crippen LogP contribution is 2.32. The Morgan fingerprint density at radius 1 is 1.31 bits per heavy atom. The number of nitrogens with zero attached hydrogens (tertiary/aromatic N) is 1. The van der Waals surface area contributed by atoms with Crippen LogP contribution in [0, 0.1) is 12.3 Å². The van der Waals surface area contributed by atoms with Crippen LogP contribution in [0.15, 0.2) is 54.5 Å². The molecule has 0 aliphatic heterocycles. The number of nitrogens with one attached hydrogen (secondary N) is 3. The second-order valence-electron chi connectivity index (χ2n) is 5.83. The molecule has 1 amide bonds. The molecular formula is C19H19F3N6O. The third kappa shape index (κ3) is 5.58. The number of aryl methyl sites for hydroxylation is 1. The average Bonchev–Trinajstić information content (AvgIpc) is 3.04. The van der Waals surface area contributed by atoms with Crippen molar-refractivity contribution in [2.24, 2.45) is 11.5 Å². The summed E-state index contributed by atoms with van der Waals surface area (Å²) in [5.41, 5.74) is 9.77. The molecule has 152 valence electrons. The van der Waals surface area contributed by atoms with Crippen LogP contribution in [0.5, 0.6) is 0 Å². The summed E-state index contributed by atoms with van der Waals surface area (Å²) in [6.07, 6.45) is 1.99. The van der Waals surface area contributed by atoms with E-state index in [0.29, 0.717) is 5.69 Å². The number of carbonyl (C=O) groups excluding carboxylic acids is 1. The number of carbonyl (C=O) groups is 1. The minimum absolute atomic E-state index is 0.0633. The molecule has 7 N–H and O–H groups in total. The topological polar surface area (TPSA) is 134 Å². The lowest BCUT2D eigenvalue weighted by atomic mass is 10.0. The SMILES string of the molecule is Cc1nc(/C=C\C(=N)c2ccccc2C(F)(F)F)[nH]c1C(=O)N/C(N)=C/C=C\N. The number of nitrogens with two attached hydrogens (primary N) is 2. The van der Waals surface area contributed by atoms with Gasteiger partial charge in [0.25, 0.3) is 5.91 Å². The van der Waals surface area contributed by atoms with Crippen molar-refractivity contribution in [1.82, 2.24) is 15.3 Å². The van der Waals surface area contributed by atoms with Crippen LogP contribution in [0.1, 0.15) is 33.1 Å². The van der Waals surface area contributed by atoms with Gasteiger partial charge in [-0.25, -0.2) is 4.98 Å². The Hall–Kier alpha value is -3.82. The van der Waals surface area contributed by atoms with Gasteiger partial charge in [-0.15, -0.1) is 0 Å². The Bertz CT molecular complexity index is 1000. The Labute approximate surface area is 164 Å². The van der Waals surface area contributed by atoms with Crippen molar-refractivity contribution in [2.75, 3.05) is 0 Å². The monoisotopic (exact) mass is 404 g/mol. The normalized spacial score (nSPS) is 12.6. The fraction of sp³-hybridized carbons (Fsp3) is 0.105. The summed E-state index contributed by atoms with van der Waals surface area (Å²) in [7, 11) is 0. The van der Waals surface area contributed by atoms with Crippen molar-refractivity contribution in [3.63, 3.8) is 0 Å². The van der Waals surface area contributed by atoms with Gasteiger partial charge in [0.05, 0.1) is 17.0 Å². The van der Waals surface area contributed by atoms with Gasteiger partial charge in [-0.1, -0.05) is 18.2 Å². The number of H-pyrrole nitrogens is 1. The number of amides is 1. The van der Waals surface area contributed by atoms with Gasteiger partial charge in [0.1, 0.15) is 17.3 Å². The van der Waals surface area contributed by atoms with Gasteiger partial charge in [0.15, 0.2) is 0 Å². The number of aromatic nitrogens is 2. The number of benzene rings is 1. The van der Waals surface area contributed by atoms with Crippen LogP contribution >= 0.6 is 0 Å². The van der Waals surface area contributed by atoms with Crippen molar-refractivity contribution in [3.8, 4) is 0 Å². The van der Waals surface area contributed by atoms with E-state index >= 15 is 0 Å². The van der Waals surface area contributed by atoms with Gasteiger partial charge >= 0.3 is 6.18 Å². The zero-order chi connectivity index (χ0) is 21.6. The molecule has 7 nitrogen and oxygen atoms in total. The van der Waals surface area contributed by atoms with Crippen LogP contribution in [-0.4, -0.2) is 21.6 Å². The maximum absolute atomic E-state index is 13.1. The van der Waals surface area contributed by atoms with Gasteiger partial charge in [0, 0.05) is 5.56 Å². The molecule has 0 radical (unpaired) electrons. The number of hydrogen-bond donors (Lipinski definition) is 5. The van der Waals surface area contributed by atoms with Crippen molar-refractivity contribution < 1.29 is 18.0 Å². The Morgan fingerprint density at radius 3 is 2.66 bits per heavy atom. The summed E-state index contributed by atoms with van der Waals surface area (Å²) in [4.78, 5) is 19.1. The lowest BCUT2D eigenvalue weighted by Gasteiger charge is -2.11. The maximum atomic E-state index is 13.1. The first-order valence-electron chi connectivity index (χ1n) is 8.28. The summed E-state index contributed by atoms with van der Waals surface area (Å²) >= 11 is 0. The van der Waals surface area contributed by atoms with Crippen molar-refractivity contribution >= 4 is 17.7 Å². The fourth-order valence-electron chi connectivity index (χ4n) is 2.39. The third-order valence-electron chi connectivity index (χ3n) is 3.71.